The predicted octanol–water partition coefficient (Wildman–Crippen LogP) is 4.15. The molecule has 3 aromatic carbocycles. The van der Waals surface area contributed by atoms with Crippen molar-refractivity contribution in [1.82, 2.24) is 10.6 Å². The first-order chi connectivity index (χ1) is 15.5. The third-order valence-corrected chi connectivity index (χ3v) is 4.66. The molecule has 0 bridgehead atoms. The Labute approximate surface area is 192 Å². The maximum atomic E-state index is 12.4. The first-order valence-electron chi connectivity index (χ1n) is 9.90. The molecule has 0 fully saturated rings. The number of carbonyl (C=O) groups is 2. The van der Waals surface area contributed by atoms with Crippen LogP contribution in [0.25, 0.3) is 6.08 Å². The summed E-state index contributed by atoms with van der Waals surface area (Å²) in [5.74, 6) is 0.179. The van der Waals surface area contributed by atoms with Gasteiger partial charge in [0.15, 0.2) is 5.11 Å². The van der Waals surface area contributed by atoms with E-state index in [1.165, 1.54) is 6.08 Å². The molecule has 0 saturated carbocycles. The number of carbonyl (C=O) groups excluding carboxylic acids is 2. The van der Waals surface area contributed by atoms with Crippen molar-refractivity contribution in [3.8, 4) is 5.75 Å². The summed E-state index contributed by atoms with van der Waals surface area (Å²) >= 11 is 5.21. The molecule has 0 aromatic heterocycles. The Hall–Kier alpha value is -3.97. The Bertz CT molecular complexity index is 1110. The van der Waals surface area contributed by atoms with Crippen molar-refractivity contribution in [2.75, 3.05) is 12.4 Å². The summed E-state index contributed by atoms with van der Waals surface area (Å²) in [5.41, 5.74) is 2.96. The van der Waals surface area contributed by atoms with Crippen LogP contribution < -0.4 is 20.7 Å². The van der Waals surface area contributed by atoms with E-state index in [4.69, 9.17) is 17.0 Å². The second-order valence-corrected chi connectivity index (χ2v) is 7.21. The van der Waals surface area contributed by atoms with Crippen LogP contribution in [0.3, 0.4) is 0 Å². The Balaban J connectivity index is 1.51. The summed E-state index contributed by atoms with van der Waals surface area (Å²) in [6.45, 7) is 0.437. The van der Waals surface area contributed by atoms with Crippen molar-refractivity contribution >= 4 is 40.9 Å². The molecule has 0 aliphatic heterocycles. The molecule has 0 heterocycles. The molecule has 3 N–H and O–H groups in total. The highest BCUT2D eigenvalue weighted by atomic mass is 32.1. The second-order valence-electron chi connectivity index (χ2n) is 6.80. The van der Waals surface area contributed by atoms with Gasteiger partial charge in [0.2, 0.25) is 5.91 Å². The third kappa shape index (κ3) is 7.07. The number of amides is 2. The lowest BCUT2D eigenvalue weighted by Crippen LogP contribution is -2.33. The summed E-state index contributed by atoms with van der Waals surface area (Å²) in [7, 11) is 1.60. The molecule has 7 heteroatoms. The fourth-order valence-corrected chi connectivity index (χ4v) is 3.04. The van der Waals surface area contributed by atoms with Crippen LogP contribution in [-0.2, 0) is 11.3 Å². The Kier molecular flexibility index (Phi) is 8.11. The van der Waals surface area contributed by atoms with Gasteiger partial charge in [-0.1, -0.05) is 48.5 Å². The van der Waals surface area contributed by atoms with Gasteiger partial charge < -0.3 is 15.4 Å². The average molecular weight is 446 g/mol. The number of nitrogens with one attached hydrogen (secondary N) is 3. The van der Waals surface area contributed by atoms with Gasteiger partial charge in [0, 0.05) is 23.9 Å². The highest BCUT2D eigenvalue weighted by Gasteiger charge is 2.08. The molecule has 0 spiro atoms. The van der Waals surface area contributed by atoms with Crippen molar-refractivity contribution in [2.24, 2.45) is 0 Å². The van der Waals surface area contributed by atoms with E-state index in [-0.39, 0.29) is 16.9 Å². The Morgan fingerprint density at radius 2 is 1.72 bits per heavy atom. The minimum atomic E-state index is -0.366. The van der Waals surface area contributed by atoms with Crippen LogP contribution in [0.4, 0.5) is 5.69 Å². The van der Waals surface area contributed by atoms with Gasteiger partial charge >= 0.3 is 0 Å². The predicted molar refractivity (Wildman–Crippen MR) is 130 cm³/mol. The molecular weight excluding hydrogens is 422 g/mol. The topological polar surface area (TPSA) is 79.5 Å². The number of methoxy groups -OCH3 is 1. The van der Waals surface area contributed by atoms with Gasteiger partial charge in [-0.3, -0.25) is 14.9 Å². The zero-order chi connectivity index (χ0) is 22.8. The molecule has 0 aliphatic rings. The van der Waals surface area contributed by atoms with Crippen LogP contribution in [0, 0.1) is 0 Å². The zero-order valence-electron chi connectivity index (χ0n) is 17.5. The maximum absolute atomic E-state index is 12.4. The first kappa shape index (κ1) is 22.7. The molecule has 6 nitrogen and oxygen atoms in total. The normalized spacial score (nSPS) is 10.4. The third-order valence-electron chi connectivity index (χ3n) is 4.46. The Morgan fingerprint density at radius 1 is 0.969 bits per heavy atom. The summed E-state index contributed by atoms with van der Waals surface area (Å²) < 4.78 is 5.11. The lowest BCUT2D eigenvalue weighted by Gasteiger charge is -2.10. The molecule has 2 amide bonds. The lowest BCUT2D eigenvalue weighted by atomic mass is 10.1. The maximum Gasteiger partial charge on any atom is 0.251 e. The van der Waals surface area contributed by atoms with E-state index >= 15 is 0 Å². The quantitative estimate of drug-likeness (QED) is 0.376. The average Bonchev–Trinajstić information content (AvgIpc) is 2.82. The smallest absolute Gasteiger partial charge is 0.251 e. The van der Waals surface area contributed by atoms with Crippen LogP contribution in [0.1, 0.15) is 21.5 Å². The molecule has 0 radical (unpaired) electrons. The lowest BCUT2D eigenvalue weighted by molar-refractivity contribution is -0.115. The highest BCUT2D eigenvalue weighted by Crippen LogP contribution is 2.13. The van der Waals surface area contributed by atoms with Crippen molar-refractivity contribution in [3.05, 3.63) is 102 Å². The van der Waals surface area contributed by atoms with Crippen molar-refractivity contribution < 1.29 is 14.3 Å². The SMILES string of the molecule is COc1ccc(/C=C/C(=O)NC(=S)Nc2cccc(C(=O)NCc3ccccc3)c2)cc1. The van der Waals surface area contributed by atoms with E-state index in [0.29, 0.717) is 17.8 Å². The van der Waals surface area contributed by atoms with Crippen LogP contribution in [0.2, 0.25) is 0 Å². The van der Waals surface area contributed by atoms with E-state index < -0.39 is 0 Å². The van der Waals surface area contributed by atoms with Crippen LogP contribution >= 0.6 is 12.2 Å². The fourth-order valence-electron chi connectivity index (χ4n) is 2.82. The number of anilines is 1. The Morgan fingerprint density at radius 3 is 2.44 bits per heavy atom. The van der Waals surface area contributed by atoms with Crippen molar-refractivity contribution in [2.45, 2.75) is 6.54 Å². The number of hydrogen-bond acceptors (Lipinski definition) is 4. The number of thiocarbonyl (C=S) groups is 1. The minimum absolute atomic E-state index is 0.135. The molecule has 0 saturated heterocycles. The zero-order valence-corrected chi connectivity index (χ0v) is 18.3. The summed E-state index contributed by atoms with van der Waals surface area (Å²) in [6.07, 6.45) is 3.07. The number of rotatable bonds is 7. The van der Waals surface area contributed by atoms with Gasteiger partial charge in [-0.2, -0.15) is 0 Å². The van der Waals surface area contributed by atoms with Crippen molar-refractivity contribution in [1.29, 1.82) is 0 Å². The summed E-state index contributed by atoms with van der Waals surface area (Å²) in [4.78, 5) is 24.6. The summed E-state index contributed by atoms with van der Waals surface area (Å²) in [5, 5.41) is 8.53. The van der Waals surface area contributed by atoms with E-state index in [1.807, 2.05) is 54.6 Å². The van der Waals surface area contributed by atoms with E-state index in [1.54, 1.807) is 37.5 Å². The molecule has 0 aliphatic carbocycles. The van der Waals surface area contributed by atoms with Crippen LogP contribution in [-0.4, -0.2) is 24.0 Å². The van der Waals surface area contributed by atoms with Gasteiger partial charge in [-0.25, -0.2) is 0 Å². The molecule has 0 unspecified atom stereocenters. The van der Waals surface area contributed by atoms with E-state index in [0.717, 1.165) is 16.9 Å². The van der Waals surface area contributed by atoms with Crippen molar-refractivity contribution in [3.63, 3.8) is 0 Å². The molecule has 0 atom stereocenters. The van der Waals surface area contributed by atoms with Crippen LogP contribution in [0.15, 0.2) is 84.9 Å². The first-order valence-corrected chi connectivity index (χ1v) is 10.3. The number of benzene rings is 3. The van der Waals surface area contributed by atoms with Gasteiger partial charge in [0.05, 0.1) is 7.11 Å². The molecule has 3 aromatic rings. The standard InChI is InChI=1S/C25H23N3O3S/c1-31-22-13-10-18(11-14-22)12-15-23(29)28-25(32)27-21-9-5-8-20(16-21)24(30)26-17-19-6-3-2-4-7-19/h2-16H,17H2,1H3,(H,26,30)(H2,27,28,29,32)/b15-12+. The number of ether oxygens (including phenoxy) is 1. The minimum Gasteiger partial charge on any atom is -0.497 e. The second kappa shape index (κ2) is 11.4. The largest absolute Gasteiger partial charge is 0.497 e. The highest BCUT2D eigenvalue weighted by molar-refractivity contribution is 7.80. The van der Waals surface area contributed by atoms with Gasteiger partial charge in [0.1, 0.15) is 5.75 Å². The van der Waals surface area contributed by atoms with Gasteiger partial charge in [-0.05, 0) is 59.8 Å². The van der Waals surface area contributed by atoms with E-state index in [2.05, 4.69) is 16.0 Å². The molecule has 3 rings (SSSR count). The fraction of sp³-hybridized carbons (Fsp3) is 0.0800. The monoisotopic (exact) mass is 445 g/mol. The van der Waals surface area contributed by atoms with Crippen LogP contribution in [0.5, 0.6) is 5.75 Å². The number of hydrogen-bond donors (Lipinski definition) is 3. The van der Waals surface area contributed by atoms with Gasteiger partial charge in [0.25, 0.3) is 5.91 Å². The van der Waals surface area contributed by atoms with Gasteiger partial charge in [-0.15, -0.1) is 0 Å². The molecular formula is C25H23N3O3S. The summed E-state index contributed by atoms with van der Waals surface area (Å²) in [6, 6.07) is 23.9. The van der Waals surface area contributed by atoms with E-state index in [9.17, 15) is 9.59 Å². The molecule has 162 valence electrons. The molecule has 32 heavy (non-hydrogen) atoms.